The van der Waals surface area contributed by atoms with E-state index in [1.54, 1.807) is 0 Å². The molecule has 0 radical (unpaired) electrons. The summed E-state index contributed by atoms with van der Waals surface area (Å²) in [5.41, 5.74) is 3.72. The Kier molecular flexibility index (Phi) is 5.30. The van der Waals surface area contributed by atoms with Crippen molar-refractivity contribution in [3.63, 3.8) is 0 Å². The van der Waals surface area contributed by atoms with Gasteiger partial charge in [-0.25, -0.2) is 0 Å². The second-order valence-electron chi connectivity index (χ2n) is 6.43. The summed E-state index contributed by atoms with van der Waals surface area (Å²) in [5.74, 6) is -0.320. The number of fused-ring (bicyclic) bond motifs is 1. The van der Waals surface area contributed by atoms with Gasteiger partial charge in [0.25, 0.3) is 0 Å². The molecular weight excluding hydrogens is 304 g/mol. The molecule has 5 heteroatoms. The number of hydrogen-bond acceptors (Lipinski definition) is 4. The van der Waals surface area contributed by atoms with Gasteiger partial charge in [0, 0.05) is 6.04 Å². The van der Waals surface area contributed by atoms with Gasteiger partial charge in [-0.05, 0) is 48.9 Å². The van der Waals surface area contributed by atoms with Crippen LogP contribution in [0.3, 0.4) is 0 Å². The maximum Gasteiger partial charge on any atom is 0.307 e. The van der Waals surface area contributed by atoms with E-state index in [9.17, 15) is 9.59 Å². The molecule has 5 nitrogen and oxygen atoms in total. The van der Waals surface area contributed by atoms with Crippen molar-refractivity contribution < 1.29 is 14.3 Å². The average Bonchev–Trinajstić information content (AvgIpc) is 3.25. The zero-order valence-corrected chi connectivity index (χ0v) is 14.0. The second-order valence-corrected chi connectivity index (χ2v) is 6.43. The van der Waals surface area contributed by atoms with Crippen LogP contribution in [0, 0.1) is 0 Å². The van der Waals surface area contributed by atoms with Gasteiger partial charge in [0.15, 0.2) is 0 Å². The van der Waals surface area contributed by atoms with Crippen LogP contribution in [0.25, 0.3) is 5.57 Å². The summed E-state index contributed by atoms with van der Waals surface area (Å²) in [6.07, 6.45) is 5.79. The Morgan fingerprint density at radius 3 is 2.96 bits per heavy atom. The maximum atomic E-state index is 12.4. The van der Waals surface area contributed by atoms with Gasteiger partial charge in [-0.2, -0.15) is 0 Å². The minimum atomic E-state index is -0.299. The van der Waals surface area contributed by atoms with Crippen LogP contribution in [0.2, 0.25) is 0 Å². The predicted octanol–water partition coefficient (Wildman–Crippen LogP) is 1.82. The van der Waals surface area contributed by atoms with Crippen molar-refractivity contribution in [3.05, 3.63) is 41.5 Å². The van der Waals surface area contributed by atoms with E-state index in [2.05, 4.69) is 28.8 Å². The summed E-state index contributed by atoms with van der Waals surface area (Å²) in [4.78, 5) is 24.1. The molecule has 0 unspecified atom stereocenters. The number of nitrogens with one attached hydrogen (secondary N) is 2. The van der Waals surface area contributed by atoms with Crippen molar-refractivity contribution in [2.24, 2.45) is 0 Å². The van der Waals surface area contributed by atoms with Crippen LogP contribution < -0.4 is 10.6 Å². The third-order valence-corrected chi connectivity index (χ3v) is 4.76. The fraction of sp³-hybridized carbons (Fsp3) is 0.474. The second kappa shape index (κ2) is 7.62. The number of carbonyl (C=O) groups excluding carboxylic acids is 2. The third-order valence-electron chi connectivity index (χ3n) is 4.76. The zero-order chi connectivity index (χ0) is 16.9. The number of rotatable bonds is 6. The van der Waals surface area contributed by atoms with Crippen LogP contribution in [0.15, 0.2) is 30.3 Å². The first-order valence-electron chi connectivity index (χ1n) is 8.55. The van der Waals surface area contributed by atoms with Crippen LogP contribution in [0.5, 0.6) is 0 Å². The van der Waals surface area contributed by atoms with E-state index < -0.39 is 0 Å². The number of carbonyl (C=O) groups is 2. The van der Waals surface area contributed by atoms with Gasteiger partial charge >= 0.3 is 5.97 Å². The monoisotopic (exact) mass is 328 g/mol. The van der Waals surface area contributed by atoms with Crippen molar-refractivity contribution in [2.75, 3.05) is 13.7 Å². The molecule has 0 spiro atoms. The zero-order valence-electron chi connectivity index (χ0n) is 14.0. The average molecular weight is 328 g/mol. The SMILES string of the molecule is COC(=O)C[C@H](CC1=CCc2ccccc21)NC(=O)[C@@H]1CCCN1. The smallest absolute Gasteiger partial charge is 0.307 e. The minimum Gasteiger partial charge on any atom is -0.469 e. The Labute approximate surface area is 142 Å². The molecule has 2 aliphatic rings. The minimum absolute atomic E-state index is 0.0201. The first-order valence-corrected chi connectivity index (χ1v) is 8.55. The van der Waals surface area contributed by atoms with Crippen LogP contribution >= 0.6 is 0 Å². The van der Waals surface area contributed by atoms with Crippen molar-refractivity contribution in [1.82, 2.24) is 10.6 Å². The van der Waals surface area contributed by atoms with Crippen LogP contribution in [0.1, 0.15) is 36.8 Å². The van der Waals surface area contributed by atoms with Gasteiger partial charge in [-0.15, -0.1) is 0 Å². The van der Waals surface area contributed by atoms with Gasteiger partial charge in [0.2, 0.25) is 5.91 Å². The molecule has 1 heterocycles. The fourth-order valence-electron chi connectivity index (χ4n) is 3.48. The maximum absolute atomic E-state index is 12.4. The van der Waals surface area contributed by atoms with Crippen LogP contribution in [-0.4, -0.2) is 37.6 Å². The molecule has 1 amide bonds. The van der Waals surface area contributed by atoms with E-state index >= 15 is 0 Å². The van der Waals surface area contributed by atoms with Gasteiger partial charge in [-0.3, -0.25) is 9.59 Å². The molecule has 1 aromatic carbocycles. The number of esters is 1. The highest BCUT2D eigenvalue weighted by Gasteiger charge is 2.27. The van der Waals surface area contributed by atoms with E-state index in [1.165, 1.54) is 23.8 Å². The number of allylic oxidation sites excluding steroid dienone is 1. The summed E-state index contributed by atoms with van der Waals surface area (Å²) in [7, 11) is 1.38. The summed E-state index contributed by atoms with van der Waals surface area (Å²) in [5, 5.41) is 6.23. The summed E-state index contributed by atoms with van der Waals surface area (Å²) in [6.45, 7) is 0.873. The first-order chi connectivity index (χ1) is 11.7. The van der Waals surface area contributed by atoms with E-state index in [4.69, 9.17) is 4.74 Å². The van der Waals surface area contributed by atoms with E-state index in [1.807, 2.05) is 12.1 Å². The molecule has 1 aromatic rings. The molecule has 2 N–H and O–H groups in total. The Morgan fingerprint density at radius 1 is 1.38 bits per heavy atom. The molecule has 0 saturated carbocycles. The Morgan fingerprint density at radius 2 is 2.21 bits per heavy atom. The van der Waals surface area contributed by atoms with Crippen molar-refractivity contribution in [2.45, 2.75) is 44.2 Å². The Hall–Kier alpha value is -2.14. The summed E-state index contributed by atoms with van der Waals surface area (Å²) in [6, 6.07) is 7.89. The quantitative estimate of drug-likeness (QED) is 0.782. The van der Waals surface area contributed by atoms with E-state index in [0.29, 0.717) is 6.42 Å². The number of hydrogen-bond donors (Lipinski definition) is 2. The standard InChI is InChI=1S/C19H24N2O3/c1-24-18(22)12-15(21-19(23)17-7-4-10-20-17)11-14-9-8-13-5-2-3-6-16(13)14/h2-3,5-6,9,15,17,20H,4,7-8,10-12H2,1H3,(H,21,23)/t15-,17-/m0/s1. The molecule has 0 aromatic heterocycles. The number of benzene rings is 1. The predicted molar refractivity (Wildman–Crippen MR) is 92.3 cm³/mol. The Balaban J connectivity index is 1.68. The third kappa shape index (κ3) is 3.85. The number of methoxy groups -OCH3 is 1. The summed E-state index contributed by atoms with van der Waals surface area (Å²) < 4.78 is 4.80. The molecule has 1 saturated heterocycles. The fourth-order valence-corrected chi connectivity index (χ4v) is 3.48. The molecule has 24 heavy (non-hydrogen) atoms. The molecular formula is C19H24N2O3. The molecule has 128 valence electrons. The highest BCUT2D eigenvalue weighted by atomic mass is 16.5. The highest BCUT2D eigenvalue weighted by molar-refractivity contribution is 5.84. The van der Waals surface area contributed by atoms with Gasteiger partial charge in [0.1, 0.15) is 0 Å². The van der Waals surface area contributed by atoms with E-state index in [-0.39, 0.29) is 30.4 Å². The van der Waals surface area contributed by atoms with Crippen molar-refractivity contribution in [1.29, 1.82) is 0 Å². The topological polar surface area (TPSA) is 67.4 Å². The van der Waals surface area contributed by atoms with E-state index in [0.717, 1.165) is 25.8 Å². The van der Waals surface area contributed by atoms with Crippen molar-refractivity contribution in [3.8, 4) is 0 Å². The molecule has 3 rings (SSSR count). The molecule has 1 aliphatic heterocycles. The molecule has 1 fully saturated rings. The normalized spacial score (nSPS) is 20.2. The lowest BCUT2D eigenvalue weighted by molar-refractivity contribution is -0.141. The van der Waals surface area contributed by atoms with Gasteiger partial charge in [-0.1, -0.05) is 30.3 Å². The lowest BCUT2D eigenvalue weighted by atomic mass is 9.97. The van der Waals surface area contributed by atoms with Crippen LogP contribution in [0.4, 0.5) is 0 Å². The first kappa shape index (κ1) is 16.7. The molecule has 1 aliphatic carbocycles. The number of amides is 1. The molecule has 0 bridgehead atoms. The van der Waals surface area contributed by atoms with Crippen molar-refractivity contribution >= 4 is 17.4 Å². The number of ether oxygens (including phenoxy) is 1. The lowest BCUT2D eigenvalue weighted by Crippen LogP contribution is -2.46. The highest BCUT2D eigenvalue weighted by Crippen LogP contribution is 2.31. The largest absolute Gasteiger partial charge is 0.469 e. The lowest BCUT2D eigenvalue weighted by Gasteiger charge is -2.21. The van der Waals surface area contributed by atoms with Gasteiger partial charge in [0.05, 0.1) is 19.6 Å². The molecule has 2 atom stereocenters. The van der Waals surface area contributed by atoms with Gasteiger partial charge < -0.3 is 15.4 Å². The van der Waals surface area contributed by atoms with Crippen LogP contribution in [-0.2, 0) is 20.7 Å². The summed E-state index contributed by atoms with van der Waals surface area (Å²) >= 11 is 0. The Bertz CT molecular complexity index is 648.